The molecular formula is C5H10O2S. The van der Waals surface area contributed by atoms with Crippen LogP contribution < -0.4 is 0 Å². The molecule has 8 heavy (non-hydrogen) atoms. The second kappa shape index (κ2) is 3.78. The third-order valence-corrected chi connectivity index (χ3v) is 0.872. The van der Waals surface area contributed by atoms with Crippen LogP contribution in [0.4, 0.5) is 0 Å². The number of hydrogen-bond acceptors (Lipinski definition) is 3. The Morgan fingerprint density at radius 1 is 1.88 bits per heavy atom. The molecular weight excluding hydrogens is 124 g/mol. The molecule has 0 radical (unpaired) electrons. The Bertz CT molecular complexity index is 80.5. The molecule has 0 fully saturated rings. The smallest absolute Gasteiger partial charge is 0.306 e. The van der Waals surface area contributed by atoms with E-state index < -0.39 is 0 Å². The molecule has 0 rings (SSSR count). The Hall–Kier alpha value is -0.180. The first-order chi connectivity index (χ1) is 3.66. The Morgan fingerprint density at radius 3 is 2.50 bits per heavy atom. The molecule has 1 unspecified atom stereocenters. The number of carbonyl (C=O) groups is 1. The highest BCUT2D eigenvalue weighted by molar-refractivity contribution is 7.80. The maximum Gasteiger partial charge on any atom is 0.306 e. The van der Waals surface area contributed by atoms with Gasteiger partial charge in [0.25, 0.3) is 0 Å². The first-order valence-electron chi connectivity index (χ1n) is 2.41. The first-order valence-corrected chi connectivity index (χ1v) is 2.93. The van der Waals surface area contributed by atoms with Crippen molar-refractivity contribution in [2.45, 2.75) is 18.6 Å². The largest absolute Gasteiger partial charge is 0.469 e. The summed E-state index contributed by atoms with van der Waals surface area (Å²) >= 11 is 3.99. The average molecular weight is 134 g/mol. The zero-order valence-corrected chi connectivity index (χ0v) is 5.94. The molecule has 0 saturated heterocycles. The Morgan fingerprint density at radius 2 is 2.38 bits per heavy atom. The van der Waals surface area contributed by atoms with Gasteiger partial charge in [0.1, 0.15) is 0 Å². The fourth-order valence-corrected chi connectivity index (χ4v) is 0.474. The van der Waals surface area contributed by atoms with Gasteiger partial charge < -0.3 is 4.74 Å². The van der Waals surface area contributed by atoms with Gasteiger partial charge in [0.2, 0.25) is 0 Å². The molecule has 0 aromatic rings. The zero-order valence-electron chi connectivity index (χ0n) is 5.05. The van der Waals surface area contributed by atoms with Crippen LogP contribution in [-0.2, 0) is 9.53 Å². The normalized spacial score (nSPS) is 12.9. The molecule has 0 amide bonds. The standard InChI is InChI=1S/C5H10O2S/c1-4(8)3-5(6)7-2/h4,8H,3H2,1-2H3. The SMILES string of the molecule is COC(=O)CC(C)S. The van der Waals surface area contributed by atoms with Crippen LogP contribution in [0.2, 0.25) is 0 Å². The van der Waals surface area contributed by atoms with Gasteiger partial charge in [0, 0.05) is 5.25 Å². The number of hydrogen-bond donors (Lipinski definition) is 1. The quantitative estimate of drug-likeness (QED) is 0.448. The van der Waals surface area contributed by atoms with Crippen LogP contribution in [0, 0.1) is 0 Å². The van der Waals surface area contributed by atoms with Crippen LogP contribution in [0.1, 0.15) is 13.3 Å². The molecule has 0 spiro atoms. The second-order valence-corrected chi connectivity index (χ2v) is 2.51. The summed E-state index contributed by atoms with van der Waals surface area (Å²) in [6, 6.07) is 0. The minimum Gasteiger partial charge on any atom is -0.469 e. The monoisotopic (exact) mass is 134 g/mol. The van der Waals surface area contributed by atoms with Gasteiger partial charge in [-0.05, 0) is 0 Å². The highest BCUT2D eigenvalue weighted by atomic mass is 32.1. The summed E-state index contributed by atoms with van der Waals surface area (Å²) in [6.07, 6.45) is 0.389. The van der Waals surface area contributed by atoms with Gasteiger partial charge in [0.15, 0.2) is 0 Å². The lowest BCUT2D eigenvalue weighted by Crippen LogP contribution is -2.05. The van der Waals surface area contributed by atoms with Gasteiger partial charge in [-0.15, -0.1) is 0 Å². The Labute approximate surface area is 54.6 Å². The predicted molar refractivity (Wildman–Crippen MR) is 35.1 cm³/mol. The lowest BCUT2D eigenvalue weighted by Gasteiger charge is -1.99. The summed E-state index contributed by atoms with van der Waals surface area (Å²) in [5.41, 5.74) is 0. The summed E-state index contributed by atoms with van der Waals surface area (Å²) in [6.45, 7) is 1.85. The number of ether oxygens (including phenoxy) is 1. The molecule has 2 nitrogen and oxygen atoms in total. The van der Waals surface area contributed by atoms with E-state index in [1.54, 1.807) is 0 Å². The number of methoxy groups -OCH3 is 1. The van der Waals surface area contributed by atoms with E-state index in [2.05, 4.69) is 17.4 Å². The van der Waals surface area contributed by atoms with Crippen molar-refractivity contribution in [3.05, 3.63) is 0 Å². The van der Waals surface area contributed by atoms with E-state index in [1.165, 1.54) is 7.11 Å². The fraction of sp³-hybridized carbons (Fsp3) is 0.800. The molecule has 0 saturated carbocycles. The van der Waals surface area contributed by atoms with Gasteiger partial charge in [-0.25, -0.2) is 0 Å². The summed E-state index contributed by atoms with van der Waals surface area (Å²) in [7, 11) is 1.37. The van der Waals surface area contributed by atoms with Crippen LogP contribution in [0.15, 0.2) is 0 Å². The van der Waals surface area contributed by atoms with Crippen molar-refractivity contribution >= 4 is 18.6 Å². The van der Waals surface area contributed by atoms with Crippen LogP contribution >= 0.6 is 12.6 Å². The Kier molecular flexibility index (Phi) is 3.69. The van der Waals surface area contributed by atoms with Crippen molar-refractivity contribution in [2.24, 2.45) is 0 Å². The minimum absolute atomic E-state index is 0.0995. The van der Waals surface area contributed by atoms with E-state index in [9.17, 15) is 4.79 Å². The zero-order chi connectivity index (χ0) is 6.57. The first kappa shape index (κ1) is 7.82. The van der Waals surface area contributed by atoms with E-state index in [1.807, 2.05) is 6.92 Å². The van der Waals surface area contributed by atoms with Crippen molar-refractivity contribution in [1.82, 2.24) is 0 Å². The Balaban J connectivity index is 3.25. The molecule has 0 N–H and O–H groups in total. The molecule has 0 aromatic carbocycles. The summed E-state index contributed by atoms with van der Waals surface area (Å²) < 4.78 is 4.37. The van der Waals surface area contributed by atoms with E-state index in [-0.39, 0.29) is 11.2 Å². The summed E-state index contributed by atoms with van der Waals surface area (Å²) in [5, 5.41) is 0.0995. The van der Waals surface area contributed by atoms with Crippen LogP contribution in [0.25, 0.3) is 0 Å². The van der Waals surface area contributed by atoms with Crippen molar-refractivity contribution < 1.29 is 9.53 Å². The van der Waals surface area contributed by atoms with Gasteiger partial charge in [-0.2, -0.15) is 12.6 Å². The van der Waals surface area contributed by atoms with E-state index in [0.29, 0.717) is 6.42 Å². The maximum atomic E-state index is 10.4. The van der Waals surface area contributed by atoms with Crippen molar-refractivity contribution in [1.29, 1.82) is 0 Å². The molecule has 1 atom stereocenters. The van der Waals surface area contributed by atoms with Gasteiger partial charge in [-0.3, -0.25) is 4.79 Å². The lowest BCUT2D eigenvalue weighted by molar-refractivity contribution is -0.140. The molecule has 0 aromatic heterocycles. The second-order valence-electron chi connectivity index (χ2n) is 1.63. The van der Waals surface area contributed by atoms with Crippen molar-refractivity contribution in [2.75, 3.05) is 7.11 Å². The van der Waals surface area contributed by atoms with Crippen LogP contribution in [0.5, 0.6) is 0 Å². The number of rotatable bonds is 2. The topological polar surface area (TPSA) is 26.3 Å². The number of esters is 1. The summed E-state index contributed by atoms with van der Waals surface area (Å²) in [5.74, 6) is -0.201. The van der Waals surface area contributed by atoms with Gasteiger partial charge in [0.05, 0.1) is 13.5 Å². The fourth-order valence-electron chi connectivity index (χ4n) is 0.325. The molecule has 3 heteroatoms. The minimum atomic E-state index is -0.201. The molecule has 0 aliphatic rings. The van der Waals surface area contributed by atoms with E-state index >= 15 is 0 Å². The van der Waals surface area contributed by atoms with Gasteiger partial charge >= 0.3 is 5.97 Å². The van der Waals surface area contributed by atoms with Crippen LogP contribution in [-0.4, -0.2) is 18.3 Å². The van der Waals surface area contributed by atoms with Crippen molar-refractivity contribution in [3.63, 3.8) is 0 Å². The number of thiol groups is 1. The third-order valence-electron chi connectivity index (χ3n) is 0.690. The average Bonchev–Trinajstić information content (AvgIpc) is 1.65. The molecule has 0 aliphatic heterocycles. The lowest BCUT2D eigenvalue weighted by atomic mass is 10.3. The summed E-state index contributed by atoms with van der Waals surface area (Å²) in [4.78, 5) is 10.4. The molecule has 0 bridgehead atoms. The molecule has 0 aliphatic carbocycles. The van der Waals surface area contributed by atoms with Gasteiger partial charge in [-0.1, -0.05) is 6.92 Å². The molecule has 0 heterocycles. The van der Waals surface area contributed by atoms with Crippen molar-refractivity contribution in [3.8, 4) is 0 Å². The van der Waals surface area contributed by atoms with Crippen LogP contribution in [0.3, 0.4) is 0 Å². The number of carbonyl (C=O) groups excluding carboxylic acids is 1. The molecule has 48 valence electrons. The maximum absolute atomic E-state index is 10.4. The highest BCUT2D eigenvalue weighted by Gasteiger charge is 2.02. The third kappa shape index (κ3) is 3.99. The van der Waals surface area contributed by atoms with E-state index in [0.717, 1.165) is 0 Å². The van der Waals surface area contributed by atoms with E-state index in [4.69, 9.17) is 0 Å². The highest BCUT2D eigenvalue weighted by Crippen LogP contribution is 1.98. The predicted octanol–water partition coefficient (Wildman–Crippen LogP) is 0.868.